The van der Waals surface area contributed by atoms with Crippen LogP contribution in [0, 0.1) is 0 Å². The van der Waals surface area contributed by atoms with Crippen molar-refractivity contribution in [2.75, 3.05) is 39.2 Å². The van der Waals surface area contributed by atoms with Crippen LogP contribution < -0.4 is 37.6 Å². The molecule has 5 amide bonds. The summed E-state index contributed by atoms with van der Waals surface area (Å²) in [4.78, 5) is 61.7. The van der Waals surface area contributed by atoms with Crippen LogP contribution in [0.2, 0.25) is 0 Å². The summed E-state index contributed by atoms with van der Waals surface area (Å²) in [6, 6.07) is -2.39. The van der Waals surface area contributed by atoms with E-state index in [4.69, 9.17) is 15.8 Å². The van der Waals surface area contributed by atoms with Crippen LogP contribution >= 0.6 is 0 Å². The molecule has 0 bridgehead atoms. The Morgan fingerprint density at radius 2 is 1.34 bits per heavy atom. The highest BCUT2D eigenvalue weighted by Crippen LogP contribution is 2.08. The van der Waals surface area contributed by atoms with Crippen LogP contribution in [0.5, 0.6) is 0 Å². The number of hydrogen-bond donors (Lipinski definition) is 10. The van der Waals surface area contributed by atoms with Crippen molar-refractivity contribution in [1.29, 1.82) is 0 Å². The van der Waals surface area contributed by atoms with Crippen LogP contribution in [0.3, 0.4) is 0 Å². The number of rotatable bonds is 27. The number of nitrogens with two attached hydrogens (primary N) is 1. The van der Waals surface area contributed by atoms with E-state index in [0.717, 1.165) is 19.4 Å². The normalized spacial score (nSPS) is 12.9. The van der Waals surface area contributed by atoms with Crippen LogP contribution in [0.15, 0.2) is 0 Å². The van der Waals surface area contributed by atoms with Gasteiger partial charge in [0.05, 0.1) is 25.6 Å². The van der Waals surface area contributed by atoms with Crippen molar-refractivity contribution in [2.24, 2.45) is 5.73 Å². The van der Waals surface area contributed by atoms with Crippen molar-refractivity contribution < 1.29 is 39.1 Å². The lowest BCUT2D eigenvalue weighted by atomic mass is 9.92. The van der Waals surface area contributed by atoms with Gasteiger partial charge in [0.2, 0.25) is 29.5 Å². The lowest BCUT2D eigenvalue weighted by molar-refractivity contribution is -0.133. The topological polar surface area (TPSA) is 244 Å². The van der Waals surface area contributed by atoms with Crippen LogP contribution in [-0.4, -0.2) is 109 Å². The van der Waals surface area contributed by atoms with E-state index < -0.39 is 68.5 Å². The molecule has 254 valence electrons. The first-order chi connectivity index (χ1) is 21.0. The second-order valence-corrected chi connectivity index (χ2v) is 10.9. The van der Waals surface area contributed by atoms with Gasteiger partial charge in [0.1, 0.15) is 12.1 Å². The lowest BCUT2D eigenvalue weighted by Crippen LogP contribution is -2.56. The first kappa shape index (κ1) is 41.2. The van der Waals surface area contributed by atoms with E-state index in [-0.39, 0.29) is 18.7 Å². The van der Waals surface area contributed by atoms with Gasteiger partial charge in [-0.1, -0.05) is 51.9 Å². The predicted octanol–water partition coefficient (Wildman–Crippen LogP) is -2.05. The van der Waals surface area contributed by atoms with Crippen LogP contribution in [0.25, 0.3) is 0 Å². The van der Waals surface area contributed by atoms with Crippen molar-refractivity contribution in [3.63, 3.8) is 0 Å². The summed E-state index contributed by atoms with van der Waals surface area (Å²) in [6.45, 7) is 4.23. The average molecular weight is 630 g/mol. The highest BCUT2D eigenvalue weighted by molar-refractivity contribution is 6.41. The van der Waals surface area contributed by atoms with Crippen molar-refractivity contribution in [3.05, 3.63) is 0 Å². The minimum absolute atomic E-state index is 0.186. The van der Waals surface area contributed by atoms with E-state index in [2.05, 4.69) is 38.8 Å². The average Bonchev–Trinajstić information content (AvgIpc) is 2.98. The van der Waals surface area contributed by atoms with Crippen LogP contribution in [0.1, 0.15) is 90.9 Å². The second kappa shape index (κ2) is 26.6. The van der Waals surface area contributed by atoms with Crippen LogP contribution in [-0.2, 0) is 24.0 Å². The molecule has 0 fully saturated rings. The van der Waals surface area contributed by atoms with E-state index in [0.29, 0.717) is 25.9 Å². The zero-order valence-corrected chi connectivity index (χ0v) is 26.5. The lowest BCUT2D eigenvalue weighted by Gasteiger charge is -2.22. The first-order valence-corrected chi connectivity index (χ1v) is 15.9. The number of aliphatic hydroxyl groups excluding tert-OH is 1. The maximum atomic E-state index is 12.6. The Morgan fingerprint density at radius 3 is 1.95 bits per heavy atom. The molecule has 0 aromatic carbocycles. The maximum Gasteiger partial charge on any atom is 0.472 e. The van der Waals surface area contributed by atoms with Gasteiger partial charge in [-0.2, -0.15) is 0 Å². The largest absolute Gasteiger partial charge is 0.472 e. The predicted molar refractivity (Wildman–Crippen MR) is 168 cm³/mol. The molecule has 11 N–H and O–H groups in total. The monoisotopic (exact) mass is 629 g/mol. The summed E-state index contributed by atoms with van der Waals surface area (Å²) in [5.41, 5.74) is 5.47. The molecule has 15 nitrogen and oxygen atoms in total. The van der Waals surface area contributed by atoms with Gasteiger partial charge in [-0.3, -0.25) is 24.0 Å². The summed E-state index contributed by atoms with van der Waals surface area (Å²) in [5.74, 6) is -3.22. The first-order valence-electron chi connectivity index (χ1n) is 15.9. The molecule has 0 heterocycles. The van der Waals surface area contributed by atoms with E-state index >= 15 is 0 Å². The van der Waals surface area contributed by atoms with E-state index in [9.17, 15) is 29.1 Å². The molecular weight excluding hydrogens is 573 g/mol. The van der Waals surface area contributed by atoms with E-state index in [1.807, 2.05) is 0 Å². The molecule has 0 aromatic rings. The highest BCUT2D eigenvalue weighted by Gasteiger charge is 2.27. The Hall–Kier alpha value is -2.79. The molecule has 0 spiro atoms. The minimum Gasteiger partial charge on any atom is -0.426 e. The summed E-state index contributed by atoms with van der Waals surface area (Å²) in [6.07, 6.45) is 9.60. The maximum absolute atomic E-state index is 12.6. The molecular formula is C28H56BN7O8. The summed E-state index contributed by atoms with van der Waals surface area (Å²) >= 11 is 0. The Morgan fingerprint density at radius 1 is 0.727 bits per heavy atom. The van der Waals surface area contributed by atoms with Crippen molar-refractivity contribution >= 4 is 36.7 Å². The van der Waals surface area contributed by atoms with Crippen LogP contribution in [0.4, 0.5) is 0 Å². The molecule has 0 aliphatic rings. The number of carbonyl (C=O) groups is 5. The van der Waals surface area contributed by atoms with Gasteiger partial charge >= 0.3 is 7.12 Å². The number of nitrogens with one attached hydrogen (secondary N) is 6. The molecule has 0 saturated heterocycles. The number of hydrogen-bond acceptors (Lipinski definition) is 10. The Kier molecular flexibility index (Phi) is 24.9. The third kappa shape index (κ3) is 22.7. The SMILES string of the molecule is CCCCCCCCCCNCCC(=O)NCC(=O)NC(C(=O)NCC(=O)NC(CCCCN)C(=O)NCB(O)O)C(C)O. The fraction of sp³-hybridized carbons (Fsp3) is 0.821. The van der Waals surface area contributed by atoms with Crippen molar-refractivity contribution in [3.8, 4) is 0 Å². The molecule has 0 aliphatic heterocycles. The van der Waals surface area contributed by atoms with Gasteiger partial charge in [0.25, 0.3) is 0 Å². The number of unbranched alkanes of at least 4 members (excludes halogenated alkanes) is 8. The third-order valence-electron chi connectivity index (χ3n) is 6.74. The summed E-state index contributed by atoms with van der Waals surface area (Å²) < 4.78 is 0. The second-order valence-electron chi connectivity index (χ2n) is 10.9. The number of aliphatic hydroxyl groups is 1. The zero-order valence-electron chi connectivity index (χ0n) is 26.5. The molecule has 3 atom stereocenters. The standard InChI is InChI=1S/C28H56BN7O8/c1-3-4-5-6-7-8-9-12-16-31-17-14-23(38)32-18-25(40)36-26(21(2)37)28(42)33-19-24(39)35-22(13-10-11-15-30)27(41)34-20-29(43)44/h21-22,26,31,37,43-44H,3-20,30H2,1-2H3,(H,32,38)(H,33,42)(H,34,41)(H,35,39)(H,36,40). The third-order valence-corrected chi connectivity index (χ3v) is 6.74. The van der Waals surface area contributed by atoms with Crippen molar-refractivity contribution in [2.45, 2.75) is 109 Å². The number of amides is 5. The quantitative estimate of drug-likeness (QED) is 0.0352. The Bertz CT molecular complexity index is 836. The van der Waals surface area contributed by atoms with Crippen molar-refractivity contribution in [1.82, 2.24) is 31.9 Å². The molecule has 44 heavy (non-hydrogen) atoms. The molecule has 3 unspecified atom stereocenters. The Labute approximate surface area is 261 Å². The molecule has 16 heteroatoms. The fourth-order valence-corrected chi connectivity index (χ4v) is 4.21. The minimum atomic E-state index is -1.76. The highest BCUT2D eigenvalue weighted by atomic mass is 16.4. The molecule has 0 aromatic heterocycles. The van der Waals surface area contributed by atoms with Gasteiger partial charge < -0.3 is 52.8 Å². The molecule has 0 saturated carbocycles. The Balaban J connectivity index is 4.42. The molecule has 0 radical (unpaired) electrons. The molecule has 0 rings (SSSR count). The smallest absolute Gasteiger partial charge is 0.426 e. The van der Waals surface area contributed by atoms with Gasteiger partial charge in [-0.05, 0) is 45.7 Å². The van der Waals surface area contributed by atoms with Gasteiger partial charge in [0, 0.05) is 13.0 Å². The van der Waals surface area contributed by atoms with Gasteiger partial charge in [0.15, 0.2) is 0 Å². The fourth-order valence-electron chi connectivity index (χ4n) is 4.21. The van der Waals surface area contributed by atoms with E-state index in [1.165, 1.54) is 45.4 Å². The van der Waals surface area contributed by atoms with E-state index in [1.54, 1.807) is 0 Å². The number of carbonyl (C=O) groups excluding carboxylic acids is 5. The van der Waals surface area contributed by atoms with Gasteiger partial charge in [-0.25, -0.2) is 0 Å². The van der Waals surface area contributed by atoms with Gasteiger partial charge in [-0.15, -0.1) is 0 Å². The molecule has 0 aliphatic carbocycles. The summed E-state index contributed by atoms with van der Waals surface area (Å²) in [5, 5.41) is 43.0. The summed E-state index contributed by atoms with van der Waals surface area (Å²) in [7, 11) is -1.76. The zero-order chi connectivity index (χ0) is 33.2.